The zero-order valence-electron chi connectivity index (χ0n) is 13.1. The summed E-state index contributed by atoms with van der Waals surface area (Å²) in [7, 11) is 3.31. The van der Waals surface area contributed by atoms with E-state index < -0.39 is 0 Å². The molecule has 0 radical (unpaired) electrons. The smallest absolute Gasteiger partial charge is 0.132 e. The summed E-state index contributed by atoms with van der Waals surface area (Å²) >= 11 is 0. The third-order valence-corrected chi connectivity index (χ3v) is 3.61. The molecule has 0 aromatic heterocycles. The van der Waals surface area contributed by atoms with E-state index in [0.29, 0.717) is 6.42 Å². The molecule has 3 nitrogen and oxygen atoms in total. The lowest BCUT2D eigenvalue weighted by atomic mass is 9.95. The van der Waals surface area contributed by atoms with Gasteiger partial charge in [0.05, 0.1) is 20.8 Å². The maximum absolute atomic E-state index is 9.82. The summed E-state index contributed by atoms with van der Waals surface area (Å²) in [6, 6.07) is 7.94. The maximum Gasteiger partial charge on any atom is 0.132 e. The van der Waals surface area contributed by atoms with Crippen LogP contribution in [0.15, 0.2) is 35.9 Å². The van der Waals surface area contributed by atoms with Gasteiger partial charge >= 0.3 is 0 Å². The van der Waals surface area contributed by atoms with Gasteiger partial charge in [0.2, 0.25) is 0 Å². The number of aliphatic hydroxyl groups is 1. The fourth-order valence-electron chi connectivity index (χ4n) is 2.63. The van der Waals surface area contributed by atoms with Gasteiger partial charge in [-0.1, -0.05) is 35.9 Å². The fourth-order valence-corrected chi connectivity index (χ4v) is 2.63. The van der Waals surface area contributed by atoms with E-state index in [4.69, 9.17) is 9.47 Å². The Morgan fingerprint density at radius 2 is 1.52 bits per heavy atom. The standard InChI is InChI=1S/C18H22O3/c1-12(2)9-10-15-16(11-19)18(21-4)14-8-6-5-7-13(14)17(15)20-3/h5-9,19H,10-11H2,1-4H3. The molecule has 0 saturated carbocycles. The Morgan fingerprint density at radius 1 is 1.00 bits per heavy atom. The summed E-state index contributed by atoms with van der Waals surface area (Å²) in [6.45, 7) is 4.04. The van der Waals surface area contributed by atoms with Crippen molar-refractivity contribution in [2.24, 2.45) is 0 Å². The molecule has 0 saturated heterocycles. The Hall–Kier alpha value is -2.00. The van der Waals surface area contributed by atoms with Crippen molar-refractivity contribution < 1.29 is 14.6 Å². The summed E-state index contributed by atoms with van der Waals surface area (Å²) in [5.41, 5.74) is 3.01. The summed E-state index contributed by atoms with van der Waals surface area (Å²) < 4.78 is 11.2. The van der Waals surface area contributed by atoms with Gasteiger partial charge in [0.25, 0.3) is 0 Å². The lowest BCUT2D eigenvalue weighted by Crippen LogP contribution is -2.03. The highest BCUT2D eigenvalue weighted by molar-refractivity contribution is 5.96. The van der Waals surface area contributed by atoms with Crippen LogP contribution < -0.4 is 9.47 Å². The SMILES string of the molecule is COc1c(CO)c(CC=C(C)C)c(OC)c2ccccc12. The van der Waals surface area contributed by atoms with Crippen molar-refractivity contribution in [1.29, 1.82) is 0 Å². The molecule has 112 valence electrons. The van der Waals surface area contributed by atoms with Gasteiger partial charge in [-0.3, -0.25) is 0 Å². The van der Waals surface area contributed by atoms with Crippen LogP contribution in [-0.4, -0.2) is 19.3 Å². The van der Waals surface area contributed by atoms with Gasteiger partial charge in [0, 0.05) is 21.9 Å². The average molecular weight is 286 g/mol. The number of hydrogen-bond donors (Lipinski definition) is 1. The van der Waals surface area contributed by atoms with Crippen LogP contribution in [0, 0.1) is 0 Å². The van der Waals surface area contributed by atoms with Gasteiger partial charge in [-0.2, -0.15) is 0 Å². The highest BCUT2D eigenvalue weighted by Gasteiger charge is 2.19. The number of benzene rings is 2. The lowest BCUT2D eigenvalue weighted by Gasteiger charge is -2.19. The van der Waals surface area contributed by atoms with Crippen LogP contribution in [0.25, 0.3) is 10.8 Å². The van der Waals surface area contributed by atoms with Crippen molar-refractivity contribution in [1.82, 2.24) is 0 Å². The molecule has 0 heterocycles. The minimum atomic E-state index is -0.0731. The molecule has 0 aliphatic carbocycles. The monoisotopic (exact) mass is 286 g/mol. The summed E-state index contributed by atoms with van der Waals surface area (Å²) in [5.74, 6) is 1.54. The number of aliphatic hydroxyl groups excluding tert-OH is 1. The number of methoxy groups -OCH3 is 2. The van der Waals surface area contributed by atoms with Crippen LogP contribution in [0.2, 0.25) is 0 Å². The van der Waals surface area contributed by atoms with E-state index in [1.807, 2.05) is 24.3 Å². The van der Waals surface area contributed by atoms with Crippen molar-refractivity contribution in [3.63, 3.8) is 0 Å². The van der Waals surface area contributed by atoms with E-state index in [9.17, 15) is 5.11 Å². The number of allylic oxidation sites excluding steroid dienone is 2. The first-order valence-electron chi connectivity index (χ1n) is 7.02. The normalized spacial score (nSPS) is 10.5. The molecule has 0 spiro atoms. The first-order valence-corrected chi connectivity index (χ1v) is 7.02. The van der Waals surface area contributed by atoms with E-state index in [1.165, 1.54) is 5.57 Å². The van der Waals surface area contributed by atoms with Crippen molar-refractivity contribution in [3.05, 3.63) is 47.0 Å². The van der Waals surface area contributed by atoms with Gasteiger partial charge in [0.1, 0.15) is 11.5 Å². The number of rotatable bonds is 5. The van der Waals surface area contributed by atoms with Crippen LogP contribution in [0.3, 0.4) is 0 Å². The second-order valence-electron chi connectivity index (χ2n) is 5.21. The molecule has 0 unspecified atom stereocenters. The molecule has 21 heavy (non-hydrogen) atoms. The number of hydrogen-bond acceptors (Lipinski definition) is 3. The summed E-state index contributed by atoms with van der Waals surface area (Å²) in [6.07, 6.45) is 2.84. The molecule has 0 aliphatic heterocycles. The number of fused-ring (bicyclic) bond motifs is 1. The van der Waals surface area contributed by atoms with Crippen LogP contribution in [-0.2, 0) is 13.0 Å². The van der Waals surface area contributed by atoms with E-state index >= 15 is 0 Å². The Labute approximate surface area is 125 Å². The van der Waals surface area contributed by atoms with Gasteiger partial charge in [0.15, 0.2) is 0 Å². The third-order valence-electron chi connectivity index (χ3n) is 3.61. The molecule has 0 aliphatic rings. The second-order valence-corrected chi connectivity index (χ2v) is 5.21. The summed E-state index contributed by atoms with van der Waals surface area (Å²) in [4.78, 5) is 0. The molecule has 2 aromatic carbocycles. The van der Waals surface area contributed by atoms with E-state index in [2.05, 4.69) is 19.9 Å². The molecule has 0 atom stereocenters. The minimum Gasteiger partial charge on any atom is -0.496 e. The molecular formula is C18H22O3. The van der Waals surface area contributed by atoms with Crippen molar-refractivity contribution in [2.45, 2.75) is 26.9 Å². The first-order chi connectivity index (χ1) is 10.1. The van der Waals surface area contributed by atoms with Crippen molar-refractivity contribution in [2.75, 3.05) is 14.2 Å². The lowest BCUT2D eigenvalue weighted by molar-refractivity contribution is 0.272. The van der Waals surface area contributed by atoms with Gasteiger partial charge in [-0.25, -0.2) is 0 Å². The quantitative estimate of drug-likeness (QED) is 0.848. The molecule has 2 aromatic rings. The molecule has 3 heteroatoms. The minimum absolute atomic E-state index is 0.0731. The molecule has 0 amide bonds. The third kappa shape index (κ3) is 2.88. The molecule has 0 fully saturated rings. The predicted molar refractivity (Wildman–Crippen MR) is 86.1 cm³/mol. The van der Waals surface area contributed by atoms with Gasteiger partial charge in [-0.05, 0) is 20.3 Å². The first kappa shape index (κ1) is 15.4. The Kier molecular flexibility index (Phi) is 4.86. The Bertz CT molecular complexity index is 668. The highest BCUT2D eigenvalue weighted by atomic mass is 16.5. The second kappa shape index (κ2) is 6.64. The highest BCUT2D eigenvalue weighted by Crippen LogP contribution is 2.41. The van der Waals surface area contributed by atoms with E-state index in [1.54, 1.807) is 14.2 Å². The Balaban J connectivity index is 2.82. The van der Waals surface area contributed by atoms with Crippen LogP contribution in [0.1, 0.15) is 25.0 Å². The van der Waals surface area contributed by atoms with Crippen LogP contribution >= 0.6 is 0 Å². The summed E-state index contributed by atoms with van der Waals surface area (Å²) in [5, 5.41) is 11.8. The van der Waals surface area contributed by atoms with Crippen LogP contribution in [0.5, 0.6) is 11.5 Å². The fraction of sp³-hybridized carbons (Fsp3) is 0.333. The molecule has 0 bridgehead atoms. The topological polar surface area (TPSA) is 38.7 Å². The largest absolute Gasteiger partial charge is 0.496 e. The molecule has 2 rings (SSSR count). The van der Waals surface area contributed by atoms with Gasteiger partial charge in [-0.15, -0.1) is 0 Å². The average Bonchev–Trinajstić information content (AvgIpc) is 2.50. The maximum atomic E-state index is 9.82. The van der Waals surface area contributed by atoms with Gasteiger partial charge < -0.3 is 14.6 Å². The number of ether oxygens (including phenoxy) is 2. The zero-order chi connectivity index (χ0) is 15.4. The zero-order valence-corrected chi connectivity index (χ0v) is 13.1. The van der Waals surface area contributed by atoms with E-state index in [-0.39, 0.29) is 6.61 Å². The van der Waals surface area contributed by atoms with Crippen molar-refractivity contribution >= 4 is 10.8 Å². The Morgan fingerprint density at radius 3 is 1.95 bits per heavy atom. The predicted octanol–water partition coefficient (Wildman–Crippen LogP) is 3.86. The van der Waals surface area contributed by atoms with E-state index in [0.717, 1.165) is 33.4 Å². The molecule has 1 N–H and O–H groups in total. The van der Waals surface area contributed by atoms with Crippen molar-refractivity contribution in [3.8, 4) is 11.5 Å². The van der Waals surface area contributed by atoms with Crippen LogP contribution in [0.4, 0.5) is 0 Å². The molecular weight excluding hydrogens is 264 g/mol.